The first-order chi connectivity index (χ1) is 14.0. The fourth-order valence-corrected chi connectivity index (χ4v) is 2.98. The van der Waals surface area contributed by atoms with E-state index < -0.39 is 28.8 Å². The highest BCUT2D eigenvalue weighted by atomic mass is 32.1. The molecular weight excluding hydrogens is 429 g/mol. The number of carbonyl (C=O) groups is 2. The number of carboxylic acids is 2. The van der Waals surface area contributed by atoms with Gasteiger partial charge in [-0.2, -0.15) is 18.2 Å². The molecule has 158 valence electrons. The van der Waals surface area contributed by atoms with Crippen LogP contribution in [-0.4, -0.2) is 41.7 Å². The lowest BCUT2D eigenvalue weighted by molar-refractivity contribution is -0.137. The smallest absolute Gasteiger partial charge is 0.443 e. The fourth-order valence-electron chi connectivity index (χ4n) is 2.20. The van der Waals surface area contributed by atoms with Crippen molar-refractivity contribution < 1.29 is 33.0 Å². The van der Waals surface area contributed by atoms with E-state index in [1.807, 2.05) is 0 Å². The van der Waals surface area contributed by atoms with Crippen molar-refractivity contribution in [3.8, 4) is 0 Å². The Labute approximate surface area is 170 Å². The summed E-state index contributed by atoms with van der Waals surface area (Å²) in [7, 11) is 0. The molecule has 3 aromatic rings. The van der Waals surface area contributed by atoms with Gasteiger partial charge in [0.15, 0.2) is 5.01 Å². The number of carboxylic acid groups (broad SMARTS) is 2. The van der Waals surface area contributed by atoms with Gasteiger partial charge in [-0.15, -0.1) is 11.3 Å². The van der Waals surface area contributed by atoms with E-state index in [4.69, 9.17) is 10.2 Å². The van der Waals surface area contributed by atoms with Crippen LogP contribution in [0.25, 0.3) is 0 Å². The molecule has 0 amide bonds. The Hall–Kier alpha value is -3.61. The van der Waals surface area contributed by atoms with Crippen molar-refractivity contribution in [2.75, 3.05) is 0 Å². The molecule has 13 heteroatoms. The summed E-state index contributed by atoms with van der Waals surface area (Å²) in [6.07, 6.45) is -1.08. The molecule has 1 aromatic carbocycles. The van der Waals surface area contributed by atoms with Crippen LogP contribution in [0.3, 0.4) is 0 Å². The molecule has 0 saturated heterocycles. The standard InChI is InChI=1S/C9H8O4.C8H5F3N4OS/c1-5-6(8(10)11)3-2-4-7(5)9(12)13;9-8(10,11)6-13-1-5(17-6)2-15-4-12-3-14-7(15)16/h2-4H,1H3,(H,10,11)(H,12,13);1,3-4H,2H2. The van der Waals surface area contributed by atoms with Crippen LogP contribution in [0.1, 0.15) is 36.2 Å². The highest BCUT2D eigenvalue weighted by molar-refractivity contribution is 7.11. The summed E-state index contributed by atoms with van der Waals surface area (Å²) in [6, 6.07) is 4.17. The third-order valence-electron chi connectivity index (χ3n) is 3.60. The van der Waals surface area contributed by atoms with Gasteiger partial charge in [0.25, 0.3) is 0 Å². The first-order valence-electron chi connectivity index (χ1n) is 7.95. The van der Waals surface area contributed by atoms with Crippen LogP contribution in [0.15, 0.2) is 41.8 Å². The van der Waals surface area contributed by atoms with Crippen molar-refractivity contribution in [3.05, 3.63) is 74.1 Å². The molecule has 2 N–H and O–H groups in total. The minimum atomic E-state index is -4.46. The van der Waals surface area contributed by atoms with Crippen molar-refractivity contribution >= 4 is 23.3 Å². The molecule has 0 aliphatic carbocycles. The van der Waals surface area contributed by atoms with Crippen molar-refractivity contribution in [3.63, 3.8) is 0 Å². The first-order valence-corrected chi connectivity index (χ1v) is 8.77. The molecule has 0 spiro atoms. The summed E-state index contributed by atoms with van der Waals surface area (Å²) in [5.41, 5.74) is -0.232. The topological polar surface area (TPSA) is 135 Å². The molecule has 2 heterocycles. The van der Waals surface area contributed by atoms with Gasteiger partial charge in [0.2, 0.25) is 0 Å². The minimum absolute atomic E-state index is 0.0204. The second kappa shape index (κ2) is 9.26. The maximum Gasteiger partial charge on any atom is 0.443 e. The van der Waals surface area contributed by atoms with Crippen LogP contribution < -0.4 is 5.69 Å². The van der Waals surface area contributed by atoms with Crippen LogP contribution in [0.4, 0.5) is 13.2 Å². The molecule has 0 atom stereocenters. The molecule has 2 aromatic heterocycles. The monoisotopic (exact) mass is 442 g/mol. The third kappa shape index (κ3) is 5.70. The summed E-state index contributed by atoms with van der Waals surface area (Å²) in [5, 5.41) is 16.4. The summed E-state index contributed by atoms with van der Waals surface area (Å²) in [6.45, 7) is 1.46. The lowest BCUT2D eigenvalue weighted by Gasteiger charge is -2.03. The molecule has 3 rings (SSSR count). The van der Waals surface area contributed by atoms with Gasteiger partial charge >= 0.3 is 23.8 Å². The number of halogens is 3. The molecule has 30 heavy (non-hydrogen) atoms. The summed E-state index contributed by atoms with van der Waals surface area (Å²) in [4.78, 5) is 43.0. The van der Waals surface area contributed by atoms with Gasteiger partial charge in [0, 0.05) is 11.1 Å². The predicted molar refractivity (Wildman–Crippen MR) is 97.6 cm³/mol. The van der Waals surface area contributed by atoms with Gasteiger partial charge in [-0.25, -0.2) is 24.4 Å². The second-order valence-electron chi connectivity index (χ2n) is 5.64. The number of benzene rings is 1. The molecule has 0 radical (unpaired) electrons. The Morgan fingerprint density at radius 1 is 1.13 bits per heavy atom. The van der Waals surface area contributed by atoms with Crippen LogP contribution >= 0.6 is 11.3 Å². The predicted octanol–water partition coefficient (Wildman–Crippen LogP) is 2.55. The van der Waals surface area contributed by atoms with Crippen molar-refractivity contribution in [1.82, 2.24) is 19.5 Å². The van der Waals surface area contributed by atoms with Crippen LogP contribution in [-0.2, 0) is 12.7 Å². The van der Waals surface area contributed by atoms with Gasteiger partial charge in [0.05, 0.1) is 17.7 Å². The van der Waals surface area contributed by atoms with Gasteiger partial charge in [0.1, 0.15) is 12.7 Å². The SMILES string of the molecule is Cc1c(C(=O)O)cccc1C(=O)O.O=c1ncncn1Cc1cnc(C(F)(F)F)s1. The lowest BCUT2D eigenvalue weighted by atomic mass is 10.0. The molecule has 0 saturated carbocycles. The number of aromatic carboxylic acids is 2. The van der Waals surface area contributed by atoms with E-state index in [0.29, 0.717) is 16.2 Å². The number of rotatable bonds is 4. The Morgan fingerprint density at radius 3 is 2.20 bits per heavy atom. The number of alkyl halides is 3. The zero-order valence-corrected chi connectivity index (χ0v) is 15.9. The molecule has 0 bridgehead atoms. The Kier molecular flexibility index (Phi) is 7.00. The number of nitrogens with zero attached hydrogens (tertiary/aromatic N) is 4. The summed E-state index contributed by atoms with van der Waals surface area (Å²) < 4.78 is 37.9. The Balaban J connectivity index is 0.000000222. The van der Waals surface area contributed by atoms with E-state index in [1.165, 1.54) is 31.5 Å². The molecule has 0 aliphatic heterocycles. The Morgan fingerprint density at radius 2 is 1.73 bits per heavy atom. The molecule has 0 fully saturated rings. The van der Waals surface area contributed by atoms with E-state index >= 15 is 0 Å². The zero-order valence-electron chi connectivity index (χ0n) is 15.1. The van der Waals surface area contributed by atoms with Gasteiger partial charge in [-0.3, -0.25) is 4.57 Å². The van der Waals surface area contributed by atoms with Crippen molar-refractivity contribution in [2.24, 2.45) is 0 Å². The van der Waals surface area contributed by atoms with E-state index in [0.717, 1.165) is 17.1 Å². The average molecular weight is 442 g/mol. The van der Waals surface area contributed by atoms with Crippen LogP contribution in [0.2, 0.25) is 0 Å². The zero-order chi connectivity index (χ0) is 22.5. The van der Waals surface area contributed by atoms with E-state index in [9.17, 15) is 27.6 Å². The van der Waals surface area contributed by atoms with E-state index in [2.05, 4.69) is 15.0 Å². The second-order valence-corrected chi connectivity index (χ2v) is 6.75. The lowest BCUT2D eigenvalue weighted by Crippen LogP contribution is -2.22. The maximum atomic E-state index is 12.3. The van der Waals surface area contributed by atoms with Crippen LogP contribution in [0.5, 0.6) is 0 Å². The van der Waals surface area contributed by atoms with Crippen molar-refractivity contribution in [2.45, 2.75) is 19.6 Å². The molecule has 9 nitrogen and oxygen atoms in total. The highest BCUT2D eigenvalue weighted by Gasteiger charge is 2.34. The van der Waals surface area contributed by atoms with Gasteiger partial charge < -0.3 is 10.2 Å². The van der Waals surface area contributed by atoms with Gasteiger partial charge in [-0.05, 0) is 24.6 Å². The minimum Gasteiger partial charge on any atom is -0.478 e. The molecular formula is C17H13F3N4O5S. The molecule has 0 unspecified atom stereocenters. The number of aromatic nitrogens is 4. The highest BCUT2D eigenvalue weighted by Crippen LogP contribution is 2.32. The molecule has 0 aliphatic rings. The largest absolute Gasteiger partial charge is 0.478 e. The Bertz CT molecular complexity index is 1090. The summed E-state index contributed by atoms with van der Waals surface area (Å²) >= 11 is 0.492. The van der Waals surface area contributed by atoms with E-state index in [-0.39, 0.29) is 23.2 Å². The average Bonchev–Trinajstić information content (AvgIpc) is 3.13. The summed E-state index contributed by atoms with van der Waals surface area (Å²) in [5.74, 6) is -2.22. The number of hydrogen-bond acceptors (Lipinski definition) is 7. The maximum absolute atomic E-state index is 12.3. The quantitative estimate of drug-likeness (QED) is 0.629. The number of hydrogen-bond donors (Lipinski definition) is 2. The van der Waals surface area contributed by atoms with E-state index in [1.54, 1.807) is 0 Å². The van der Waals surface area contributed by atoms with Crippen LogP contribution in [0, 0.1) is 6.92 Å². The number of thiazole rings is 1. The third-order valence-corrected chi connectivity index (χ3v) is 4.63. The fraction of sp³-hybridized carbons (Fsp3) is 0.176. The van der Waals surface area contributed by atoms with Crippen molar-refractivity contribution in [1.29, 1.82) is 0 Å². The van der Waals surface area contributed by atoms with Gasteiger partial charge in [-0.1, -0.05) is 6.07 Å². The first kappa shape index (κ1) is 22.7. The normalized spacial score (nSPS) is 10.8.